The molecule has 4 aromatic rings. The van der Waals surface area contributed by atoms with Crippen LogP contribution in [0.3, 0.4) is 0 Å². The highest BCUT2D eigenvalue weighted by Crippen LogP contribution is 2.25. The third-order valence-electron chi connectivity index (χ3n) is 5.25. The largest absolute Gasteiger partial charge is 0.324 e. The first-order valence-electron chi connectivity index (χ1n) is 10.4. The summed E-state index contributed by atoms with van der Waals surface area (Å²) in [6, 6.07) is 13.6. The van der Waals surface area contributed by atoms with Crippen molar-refractivity contribution < 1.29 is 4.79 Å². The Kier molecular flexibility index (Phi) is 5.13. The lowest BCUT2D eigenvalue weighted by atomic mass is 10.1. The van der Waals surface area contributed by atoms with E-state index in [2.05, 4.69) is 15.5 Å². The molecule has 0 radical (unpaired) electrons. The molecule has 0 aliphatic heterocycles. The molecular weight excluding hydrogens is 390 g/mol. The zero-order chi connectivity index (χ0) is 22.3. The van der Waals surface area contributed by atoms with Crippen molar-refractivity contribution in [3.05, 3.63) is 64.7 Å². The van der Waals surface area contributed by atoms with Crippen molar-refractivity contribution in [1.29, 1.82) is 0 Å². The normalized spacial score (nSPS) is 12.1. The minimum atomic E-state index is -0.375. The van der Waals surface area contributed by atoms with Gasteiger partial charge in [0.1, 0.15) is 12.1 Å². The Labute approximate surface area is 180 Å². The van der Waals surface area contributed by atoms with Crippen LogP contribution in [0.1, 0.15) is 46.2 Å². The molecular formula is C24H27N5O2. The molecule has 1 amide bonds. The number of benzene rings is 2. The van der Waals surface area contributed by atoms with Crippen LogP contribution in [0.25, 0.3) is 21.7 Å². The number of nitrogens with one attached hydrogen (secondary N) is 1. The molecule has 0 aliphatic carbocycles. The van der Waals surface area contributed by atoms with Crippen molar-refractivity contribution in [2.24, 2.45) is 0 Å². The molecule has 0 unspecified atom stereocenters. The molecule has 0 spiro atoms. The van der Waals surface area contributed by atoms with Gasteiger partial charge in [-0.1, -0.05) is 50.2 Å². The summed E-state index contributed by atoms with van der Waals surface area (Å²) in [4.78, 5) is 26.2. The van der Waals surface area contributed by atoms with E-state index in [0.717, 1.165) is 21.9 Å². The van der Waals surface area contributed by atoms with Gasteiger partial charge in [-0.3, -0.25) is 14.3 Å². The average Bonchev–Trinajstić information content (AvgIpc) is 3.16. The highest BCUT2D eigenvalue weighted by molar-refractivity contribution is 6.02. The Morgan fingerprint density at radius 2 is 1.77 bits per heavy atom. The summed E-state index contributed by atoms with van der Waals surface area (Å²) >= 11 is 0. The van der Waals surface area contributed by atoms with E-state index in [1.807, 2.05) is 77.1 Å². The zero-order valence-electron chi connectivity index (χ0n) is 18.5. The van der Waals surface area contributed by atoms with Gasteiger partial charge in [-0.2, -0.15) is 10.2 Å². The van der Waals surface area contributed by atoms with Gasteiger partial charge in [-0.05, 0) is 38.1 Å². The average molecular weight is 418 g/mol. The standard InChI is InChI=1S/C24H27N5O2/c1-15(2)21-18-13-25-29(24(3,4)5)22(18)23(31)28(27-21)14-20(30)26-19-12-8-10-16-9-6-7-11-17(16)19/h6-13,15H,14H2,1-5H3,(H,26,30). The fourth-order valence-corrected chi connectivity index (χ4v) is 3.80. The lowest BCUT2D eigenvalue weighted by Crippen LogP contribution is -2.34. The van der Waals surface area contributed by atoms with Crippen LogP contribution in [0.4, 0.5) is 5.69 Å². The topological polar surface area (TPSA) is 81.8 Å². The van der Waals surface area contributed by atoms with E-state index in [-0.39, 0.29) is 29.5 Å². The Balaban J connectivity index is 1.75. The minimum Gasteiger partial charge on any atom is -0.324 e. The first-order chi connectivity index (χ1) is 14.7. The van der Waals surface area contributed by atoms with E-state index in [4.69, 9.17) is 0 Å². The third-order valence-corrected chi connectivity index (χ3v) is 5.25. The monoisotopic (exact) mass is 417 g/mol. The quantitative estimate of drug-likeness (QED) is 0.538. The van der Waals surface area contributed by atoms with Crippen molar-refractivity contribution >= 4 is 33.3 Å². The second-order valence-corrected chi connectivity index (χ2v) is 9.07. The fourth-order valence-electron chi connectivity index (χ4n) is 3.80. The predicted molar refractivity (Wildman–Crippen MR) is 123 cm³/mol. The number of rotatable bonds is 4. The van der Waals surface area contributed by atoms with Crippen LogP contribution in [0.5, 0.6) is 0 Å². The lowest BCUT2D eigenvalue weighted by Gasteiger charge is -2.21. The molecule has 0 saturated carbocycles. The molecule has 7 heteroatoms. The highest BCUT2D eigenvalue weighted by atomic mass is 16.2. The van der Waals surface area contributed by atoms with Gasteiger partial charge in [0.25, 0.3) is 5.56 Å². The highest BCUT2D eigenvalue weighted by Gasteiger charge is 2.24. The van der Waals surface area contributed by atoms with E-state index >= 15 is 0 Å². The van der Waals surface area contributed by atoms with E-state index in [1.54, 1.807) is 10.9 Å². The number of fused-ring (bicyclic) bond motifs is 2. The minimum absolute atomic E-state index is 0.0769. The molecule has 0 saturated heterocycles. The first kappa shape index (κ1) is 20.8. The summed E-state index contributed by atoms with van der Waals surface area (Å²) < 4.78 is 2.97. The summed E-state index contributed by atoms with van der Waals surface area (Å²) in [5.41, 5.74) is 1.24. The molecule has 0 atom stereocenters. The molecule has 0 fully saturated rings. The summed E-state index contributed by atoms with van der Waals surface area (Å²) in [5.74, 6) is -0.227. The van der Waals surface area contributed by atoms with Crippen molar-refractivity contribution in [1.82, 2.24) is 19.6 Å². The summed E-state index contributed by atoms with van der Waals surface area (Å²) in [6.45, 7) is 9.83. The summed E-state index contributed by atoms with van der Waals surface area (Å²) in [7, 11) is 0. The van der Waals surface area contributed by atoms with Crippen molar-refractivity contribution in [3.63, 3.8) is 0 Å². The van der Waals surface area contributed by atoms with Gasteiger partial charge in [0.05, 0.1) is 17.4 Å². The van der Waals surface area contributed by atoms with Gasteiger partial charge >= 0.3 is 0 Å². The van der Waals surface area contributed by atoms with E-state index in [0.29, 0.717) is 11.2 Å². The molecule has 0 bridgehead atoms. The molecule has 1 N–H and O–H groups in total. The number of nitrogens with zero attached hydrogens (tertiary/aromatic N) is 4. The first-order valence-corrected chi connectivity index (χ1v) is 10.4. The number of hydrogen-bond donors (Lipinski definition) is 1. The van der Waals surface area contributed by atoms with Gasteiger partial charge < -0.3 is 5.32 Å². The molecule has 2 aromatic carbocycles. The number of aromatic nitrogens is 4. The van der Waals surface area contributed by atoms with Crippen LogP contribution < -0.4 is 10.9 Å². The van der Waals surface area contributed by atoms with Gasteiger partial charge in [0, 0.05) is 16.5 Å². The molecule has 2 aromatic heterocycles. The van der Waals surface area contributed by atoms with Gasteiger partial charge in [-0.15, -0.1) is 0 Å². The SMILES string of the molecule is CC(C)c1nn(CC(=O)Nc2cccc3ccccc23)c(=O)c2c1cnn2C(C)(C)C. The van der Waals surface area contributed by atoms with Crippen molar-refractivity contribution in [2.75, 3.05) is 5.32 Å². The van der Waals surface area contributed by atoms with Crippen molar-refractivity contribution in [2.45, 2.75) is 52.6 Å². The second-order valence-electron chi connectivity index (χ2n) is 9.07. The van der Waals surface area contributed by atoms with Crippen LogP contribution >= 0.6 is 0 Å². The maximum Gasteiger partial charge on any atom is 0.293 e. The number of anilines is 1. The number of carbonyl (C=O) groups excluding carboxylic acids is 1. The molecule has 7 nitrogen and oxygen atoms in total. The Hall–Kier alpha value is -3.48. The number of amides is 1. The Morgan fingerprint density at radius 1 is 1.06 bits per heavy atom. The third kappa shape index (κ3) is 3.83. The van der Waals surface area contributed by atoms with E-state index in [1.165, 1.54) is 4.68 Å². The number of carbonyl (C=O) groups is 1. The fraction of sp³-hybridized carbons (Fsp3) is 0.333. The van der Waals surface area contributed by atoms with Crippen LogP contribution in [-0.4, -0.2) is 25.5 Å². The smallest absolute Gasteiger partial charge is 0.293 e. The number of hydrogen-bond acceptors (Lipinski definition) is 4. The zero-order valence-corrected chi connectivity index (χ0v) is 18.5. The van der Waals surface area contributed by atoms with Crippen LogP contribution in [-0.2, 0) is 16.9 Å². The van der Waals surface area contributed by atoms with E-state index < -0.39 is 0 Å². The maximum absolute atomic E-state index is 13.3. The molecule has 2 heterocycles. The summed E-state index contributed by atoms with van der Waals surface area (Å²) in [6.07, 6.45) is 1.70. The van der Waals surface area contributed by atoms with Crippen LogP contribution in [0.15, 0.2) is 53.5 Å². The molecule has 160 valence electrons. The lowest BCUT2D eigenvalue weighted by molar-refractivity contribution is -0.117. The molecule has 0 aliphatic rings. The van der Waals surface area contributed by atoms with Gasteiger partial charge in [0.2, 0.25) is 5.91 Å². The summed E-state index contributed by atoms with van der Waals surface area (Å²) in [5, 5.41) is 14.6. The van der Waals surface area contributed by atoms with Crippen LogP contribution in [0, 0.1) is 0 Å². The predicted octanol–water partition coefficient (Wildman–Crippen LogP) is 4.26. The molecule has 31 heavy (non-hydrogen) atoms. The van der Waals surface area contributed by atoms with E-state index in [9.17, 15) is 9.59 Å². The van der Waals surface area contributed by atoms with Gasteiger partial charge in [-0.25, -0.2) is 4.68 Å². The van der Waals surface area contributed by atoms with Crippen molar-refractivity contribution in [3.8, 4) is 0 Å². The molecule has 4 rings (SSSR count). The Bertz CT molecular complexity index is 1340. The van der Waals surface area contributed by atoms with Gasteiger partial charge in [0.15, 0.2) is 0 Å². The van der Waals surface area contributed by atoms with Crippen LogP contribution in [0.2, 0.25) is 0 Å². The Morgan fingerprint density at radius 3 is 2.48 bits per heavy atom. The second kappa shape index (κ2) is 7.65. The maximum atomic E-state index is 13.3.